The second kappa shape index (κ2) is 3.72. The lowest BCUT2D eigenvalue weighted by molar-refractivity contribution is 0.0476. The first-order valence-corrected chi connectivity index (χ1v) is 6.16. The number of carbonyl (C=O) groups excluding carboxylic acids is 1. The van der Waals surface area contributed by atoms with E-state index in [-0.39, 0.29) is 11.4 Å². The largest absolute Gasteiger partial charge is 0.485 e. The number of Topliss-reactive ketones (excluding diaryl/α,β-unsaturated/α-hetero) is 1. The quantitative estimate of drug-likeness (QED) is 0.709. The topological polar surface area (TPSA) is 29.5 Å². The third-order valence-electron chi connectivity index (χ3n) is 3.56. The second-order valence-corrected chi connectivity index (χ2v) is 5.45. The van der Waals surface area contributed by atoms with E-state index in [1.807, 2.05) is 0 Å². The van der Waals surface area contributed by atoms with Crippen LogP contribution in [0.15, 0.2) is 18.2 Å². The fourth-order valence-corrected chi connectivity index (χ4v) is 2.91. The summed E-state index contributed by atoms with van der Waals surface area (Å²) in [5.74, 6) is 0.824. The van der Waals surface area contributed by atoms with Gasteiger partial charge in [-0.1, -0.05) is 11.6 Å². The normalized spacial score (nSPS) is 28.2. The van der Waals surface area contributed by atoms with Gasteiger partial charge in [-0.05, 0) is 25.2 Å². The van der Waals surface area contributed by atoms with E-state index in [2.05, 4.69) is 11.9 Å². The number of ether oxygens (including phenoxy) is 1. The van der Waals surface area contributed by atoms with Crippen molar-refractivity contribution >= 4 is 17.4 Å². The van der Waals surface area contributed by atoms with Gasteiger partial charge in [-0.2, -0.15) is 0 Å². The van der Waals surface area contributed by atoms with E-state index in [1.54, 1.807) is 18.2 Å². The monoisotopic (exact) mass is 251 g/mol. The number of nitrogens with zero attached hydrogens (tertiary/aromatic N) is 1. The molecule has 4 heteroatoms. The van der Waals surface area contributed by atoms with Gasteiger partial charge in [0.15, 0.2) is 5.78 Å². The van der Waals surface area contributed by atoms with Crippen LogP contribution in [0.3, 0.4) is 0 Å². The summed E-state index contributed by atoms with van der Waals surface area (Å²) in [6.45, 7) is 1.80. The molecule has 2 aliphatic heterocycles. The Morgan fingerprint density at radius 3 is 3.00 bits per heavy atom. The molecule has 2 aliphatic rings. The van der Waals surface area contributed by atoms with Gasteiger partial charge in [-0.3, -0.25) is 4.79 Å². The van der Waals surface area contributed by atoms with Crippen LogP contribution in [0.2, 0.25) is 5.02 Å². The van der Waals surface area contributed by atoms with Crippen LogP contribution < -0.4 is 4.74 Å². The van der Waals surface area contributed by atoms with Gasteiger partial charge in [0.2, 0.25) is 0 Å². The lowest BCUT2D eigenvalue weighted by atomic mass is 9.89. The Balaban J connectivity index is 1.98. The zero-order chi connectivity index (χ0) is 12.0. The Labute approximate surface area is 105 Å². The minimum absolute atomic E-state index is 0.143. The van der Waals surface area contributed by atoms with E-state index < -0.39 is 0 Å². The number of hydrogen-bond acceptors (Lipinski definition) is 3. The molecule has 1 spiro atoms. The van der Waals surface area contributed by atoms with E-state index in [0.717, 1.165) is 19.5 Å². The standard InChI is InChI=1S/C13H14ClNO2/c1-15-5-4-13(8-15)7-11(16)10-6-9(14)2-3-12(10)17-13/h2-3,6H,4-5,7-8H2,1H3. The molecule has 90 valence electrons. The van der Waals surface area contributed by atoms with Gasteiger partial charge in [0.1, 0.15) is 11.4 Å². The minimum atomic E-state index is -0.313. The molecule has 0 saturated carbocycles. The minimum Gasteiger partial charge on any atom is -0.485 e. The predicted molar refractivity (Wildman–Crippen MR) is 65.9 cm³/mol. The number of hydrogen-bond donors (Lipinski definition) is 0. The molecule has 1 atom stereocenters. The molecule has 0 bridgehead atoms. The van der Waals surface area contributed by atoms with Crippen molar-refractivity contribution in [2.75, 3.05) is 20.1 Å². The van der Waals surface area contributed by atoms with Crippen LogP contribution in [0.5, 0.6) is 5.75 Å². The molecule has 2 heterocycles. The lowest BCUT2D eigenvalue weighted by Crippen LogP contribution is -2.44. The van der Waals surface area contributed by atoms with E-state index in [0.29, 0.717) is 22.8 Å². The van der Waals surface area contributed by atoms with Crippen molar-refractivity contribution in [3.05, 3.63) is 28.8 Å². The van der Waals surface area contributed by atoms with Gasteiger partial charge in [-0.15, -0.1) is 0 Å². The molecule has 1 fully saturated rings. The number of benzene rings is 1. The first-order chi connectivity index (χ1) is 8.08. The molecule has 0 amide bonds. The number of halogens is 1. The molecule has 3 nitrogen and oxygen atoms in total. The highest BCUT2D eigenvalue weighted by Crippen LogP contribution is 2.39. The summed E-state index contributed by atoms with van der Waals surface area (Å²) in [5.41, 5.74) is 0.310. The Hall–Kier alpha value is -1.06. The molecule has 17 heavy (non-hydrogen) atoms. The molecule has 1 saturated heterocycles. The molecule has 1 aromatic carbocycles. The summed E-state index contributed by atoms with van der Waals surface area (Å²) in [4.78, 5) is 14.4. The number of carbonyl (C=O) groups is 1. The summed E-state index contributed by atoms with van der Waals surface area (Å²) in [5, 5.41) is 0.584. The first kappa shape index (κ1) is 11.1. The number of rotatable bonds is 0. The lowest BCUT2D eigenvalue weighted by Gasteiger charge is -2.34. The molecule has 0 aromatic heterocycles. The highest BCUT2D eigenvalue weighted by atomic mass is 35.5. The van der Waals surface area contributed by atoms with Crippen molar-refractivity contribution in [1.29, 1.82) is 0 Å². The maximum atomic E-state index is 12.1. The third-order valence-corrected chi connectivity index (χ3v) is 3.79. The van der Waals surface area contributed by atoms with E-state index >= 15 is 0 Å². The molecule has 0 aliphatic carbocycles. The predicted octanol–water partition coefficient (Wildman–Crippen LogP) is 2.38. The van der Waals surface area contributed by atoms with E-state index in [1.165, 1.54) is 0 Å². The zero-order valence-corrected chi connectivity index (χ0v) is 10.5. The molecule has 3 rings (SSSR count). The summed E-state index contributed by atoms with van der Waals surface area (Å²) in [6.07, 6.45) is 1.38. The van der Waals surface area contributed by atoms with Crippen LogP contribution in [0, 0.1) is 0 Å². The van der Waals surface area contributed by atoms with Crippen molar-refractivity contribution < 1.29 is 9.53 Å². The summed E-state index contributed by atoms with van der Waals surface area (Å²) in [7, 11) is 2.06. The maximum Gasteiger partial charge on any atom is 0.170 e. The SMILES string of the molecule is CN1CCC2(CC(=O)c3cc(Cl)ccc3O2)C1. The van der Waals surface area contributed by atoms with Gasteiger partial charge < -0.3 is 9.64 Å². The zero-order valence-electron chi connectivity index (χ0n) is 9.70. The van der Waals surface area contributed by atoms with Crippen LogP contribution >= 0.6 is 11.6 Å². The smallest absolute Gasteiger partial charge is 0.170 e. The van der Waals surface area contributed by atoms with Crippen LogP contribution in [-0.2, 0) is 0 Å². The van der Waals surface area contributed by atoms with E-state index in [9.17, 15) is 4.79 Å². The van der Waals surface area contributed by atoms with Gasteiger partial charge in [0.05, 0.1) is 12.0 Å². The fourth-order valence-electron chi connectivity index (χ4n) is 2.74. The number of fused-ring (bicyclic) bond motifs is 1. The maximum absolute atomic E-state index is 12.1. The van der Waals surface area contributed by atoms with Crippen molar-refractivity contribution in [2.45, 2.75) is 18.4 Å². The van der Waals surface area contributed by atoms with Crippen LogP contribution in [0.25, 0.3) is 0 Å². The number of ketones is 1. The second-order valence-electron chi connectivity index (χ2n) is 5.01. The summed E-state index contributed by atoms with van der Waals surface area (Å²) in [6, 6.07) is 5.27. The first-order valence-electron chi connectivity index (χ1n) is 5.78. The fraction of sp³-hybridized carbons (Fsp3) is 0.462. The Morgan fingerprint density at radius 2 is 2.29 bits per heavy atom. The van der Waals surface area contributed by atoms with Gasteiger partial charge in [0.25, 0.3) is 0 Å². The molecular weight excluding hydrogens is 238 g/mol. The molecule has 0 radical (unpaired) electrons. The highest BCUT2D eigenvalue weighted by Gasteiger charge is 2.44. The molecule has 1 unspecified atom stereocenters. The summed E-state index contributed by atoms with van der Waals surface area (Å²) >= 11 is 5.90. The third kappa shape index (κ3) is 1.83. The molecule has 0 N–H and O–H groups in total. The van der Waals surface area contributed by atoms with Crippen LogP contribution in [0.4, 0.5) is 0 Å². The van der Waals surface area contributed by atoms with Gasteiger partial charge in [0, 0.05) is 24.5 Å². The van der Waals surface area contributed by atoms with Gasteiger partial charge in [-0.25, -0.2) is 0 Å². The average molecular weight is 252 g/mol. The van der Waals surface area contributed by atoms with Crippen LogP contribution in [-0.4, -0.2) is 36.4 Å². The number of likely N-dealkylation sites (tertiary alicyclic amines) is 1. The molecule has 1 aromatic rings. The van der Waals surface area contributed by atoms with Crippen LogP contribution in [0.1, 0.15) is 23.2 Å². The number of likely N-dealkylation sites (N-methyl/N-ethyl adjacent to an activating group) is 1. The molecular formula is C13H14ClNO2. The summed E-state index contributed by atoms with van der Waals surface area (Å²) < 4.78 is 6.06. The van der Waals surface area contributed by atoms with Crippen molar-refractivity contribution in [2.24, 2.45) is 0 Å². The van der Waals surface area contributed by atoms with Gasteiger partial charge >= 0.3 is 0 Å². The Kier molecular flexibility index (Phi) is 2.42. The average Bonchev–Trinajstić information content (AvgIpc) is 2.61. The highest BCUT2D eigenvalue weighted by molar-refractivity contribution is 6.31. The van der Waals surface area contributed by atoms with Crippen molar-refractivity contribution in [1.82, 2.24) is 4.90 Å². The Bertz CT molecular complexity index is 488. The van der Waals surface area contributed by atoms with E-state index in [4.69, 9.17) is 16.3 Å². The Morgan fingerprint density at radius 1 is 1.47 bits per heavy atom. The van der Waals surface area contributed by atoms with Crippen molar-refractivity contribution in [3.8, 4) is 5.75 Å². The van der Waals surface area contributed by atoms with Crippen molar-refractivity contribution in [3.63, 3.8) is 0 Å².